The molecule has 1 aromatic heterocycles. The summed E-state index contributed by atoms with van der Waals surface area (Å²) in [5.74, 6) is 0.0325. The van der Waals surface area contributed by atoms with E-state index in [0.29, 0.717) is 30.0 Å². The molecule has 2 atom stereocenters. The first-order valence-corrected chi connectivity index (χ1v) is 9.74. The van der Waals surface area contributed by atoms with Gasteiger partial charge in [0.2, 0.25) is 10.0 Å². The Morgan fingerprint density at radius 3 is 2.92 bits per heavy atom. The molecular weight excluding hydrogens is 360 g/mol. The molecule has 2 aliphatic heterocycles. The average Bonchev–Trinajstić information content (AvgIpc) is 3.39. The number of nitrogens with zero attached hydrogens (tertiary/aromatic N) is 2. The third kappa shape index (κ3) is 2.77. The van der Waals surface area contributed by atoms with Crippen LogP contribution >= 0.6 is 0 Å². The van der Waals surface area contributed by atoms with E-state index in [1.165, 1.54) is 23.7 Å². The van der Waals surface area contributed by atoms with Gasteiger partial charge in [0.1, 0.15) is 17.7 Å². The van der Waals surface area contributed by atoms with Gasteiger partial charge in [-0.25, -0.2) is 13.2 Å². The molecular formula is C17H18N2O6S. The predicted molar refractivity (Wildman–Crippen MR) is 88.9 cm³/mol. The molecule has 2 unspecified atom stereocenters. The Labute approximate surface area is 150 Å². The van der Waals surface area contributed by atoms with Crippen LogP contribution < -0.4 is 4.74 Å². The number of fused-ring (bicyclic) bond motifs is 1. The van der Waals surface area contributed by atoms with Gasteiger partial charge in [0.25, 0.3) is 0 Å². The zero-order valence-electron chi connectivity index (χ0n) is 14.1. The van der Waals surface area contributed by atoms with Crippen LogP contribution in [0.5, 0.6) is 5.75 Å². The van der Waals surface area contributed by atoms with E-state index in [-0.39, 0.29) is 17.4 Å². The first-order valence-electron chi connectivity index (χ1n) is 8.30. The molecule has 3 heterocycles. The standard InChI is InChI=1S/C17H18N2O6S/c1-23-17(20)16-10-11-9-12(4-5-15(11)25-16)26(21,22)19-7-2-3-14(19)13-6-8-24-18-13/h4-6,8-9,14,16H,2-3,7,10H2,1H3. The van der Waals surface area contributed by atoms with Gasteiger partial charge in [0.05, 0.1) is 18.0 Å². The second-order valence-electron chi connectivity index (χ2n) is 6.30. The van der Waals surface area contributed by atoms with Crippen LogP contribution in [0.25, 0.3) is 0 Å². The summed E-state index contributed by atoms with van der Waals surface area (Å²) in [4.78, 5) is 11.8. The van der Waals surface area contributed by atoms with Gasteiger partial charge >= 0.3 is 5.97 Å². The molecule has 1 saturated heterocycles. The van der Waals surface area contributed by atoms with Crippen molar-refractivity contribution < 1.29 is 27.2 Å². The van der Waals surface area contributed by atoms with E-state index < -0.39 is 22.1 Å². The van der Waals surface area contributed by atoms with Gasteiger partial charge in [-0.2, -0.15) is 4.31 Å². The lowest BCUT2D eigenvalue weighted by molar-refractivity contribution is -0.147. The Kier molecular flexibility index (Phi) is 4.20. The summed E-state index contributed by atoms with van der Waals surface area (Å²) in [5.41, 5.74) is 1.29. The smallest absolute Gasteiger partial charge is 0.347 e. The molecule has 2 aromatic rings. The molecule has 0 bridgehead atoms. The summed E-state index contributed by atoms with van der Waals surface area (Å²) in [5, 5.41) is 3.90. The number of hydrogen-bond acceptors (Lipinski definition) is 7. The minimum atomic E-state index is -3.70. The van der Waals surface area contributed by atoms with Crippen LogP contribution in [0.2, 0.25) is 0 Å². The molecule has 8 nitrogen and oxygen atoms in total. The summed E-state index contributed by atoms with van der Waals surface area (Å²) in [6.07, 6.45) is 2.46. The highest BCUT2D eigenvalue weighted by molar-refractivity contribution is 7.89. The highest BCUT2D eigenvalue weighted by Gasteiger charge is 2.38. The van der Waals surface area contributed by atoms with E-state index in [4.69, 9.17) is 14.0 Å². The lowest BCUT2D eigenvalue weighted by atomic mass is 10.1. The van der Waals surface area contributed by atoms with Crippen molar-refractivity contribution in [1.82, 2.24) is 9.46 Å². The van der Waals surface area contributed by atoms with Gasteiger partial charge in [-0.3, -0.25) is 0 Å². The van der Waals surface area contributed by atoms with E-state index in [9.17, 15) is 13.2 Å². The number of esters is 1. The number of methoxy groups -OCH3 is 1. The first-order chi connectivity index (χ1) is 12.5. The summed E-state index contributed by atoms with van der Waals surface area (Å²) in [7, 11) is -2.41. The Bertz CT molecular complexity index is 925. The van der Waals surface area contributed by atoms with Crippen LogP contribution in [0.15, 0.2) is 39.9 Å². The van der Waals surface area contributed by atoms with Crippen LogP contribution in [0.1, 0.15) is 30.1 Å². The number of rotatable bonds is 4. The molecule has 1 fully saturated rings. The van der Waals surface area contributed by atoms with E-state index in [2.05, 4.69) is 5.16 Å². The fourth-order valence-electron chi connectivity index (χ4n) is 3.50. The van der Waals surface area contributed by atoms with Crippen molar-refractivity contribution in [1.29, 1.82) is 0 Å². The molecule has 0 spiro atoms. The summed E-state index contributed by atoms with van der Waals surface area (Å²) >= 11 is 0. The fraction of sp³-hybridized carbons (Fsp3) is 0.412. The maximum atomic E-state index is 13.1. The van der Waals surface area contributed by atoms with E-state index in [1.54, 1.807) is 18.2 Å². The van der Waals surface area contributed by atoms with Crippen LogP contribution in [-0.4, -0.2) is 43.6 Å². The number of ether oxygens (including phenoxy) is 2. The highest BCUT2D eigenvalue weighted by Crippen LogP contribution is 2.38. The topological polar surface area (TPSA) is 98.9 Å². The van der Waals surface area contributed by atoms with Crippen LogP contribution in [0, 0.1) is 0 Å². The number of carbonyl (C=O) groups is 1. The van der Waals surface area contributed by atoms with Crippen LogP contribution in [0.3, 0.4) is 0 Å². The molecule has 0 amide bonds. The monoisotopic (exact) mass is 378 g/mol. The minimum Gasteiger partial charge on any atom is -0.478 e. The second-order valence-corrected chi connectivity index (χ2v) is 8.19. The van der Waals surface area contributed by atoms with E-state index >= 15 is 0 Å². The largest absolute Gasteiger partial charge is 0.478 e. The summed E-state index contributed by atoms with van der Waals surface area (Å²) in [6, 6.07) is 6.03. The third-order valence-corrected chi connectivity index (χ3v) is 6.68. The van der Waals surface area contributed by atoms with E-state index in [0.717, 1.165) is 6.42 Å². The second kappa shape index (κ2) is 6.40. The zero-order valence-corrected chi connectivity index (χ0v) is 14.9. The number of hydrogen-bond donors (Lipinski definition) is 0. The molecule has 0 N–H and O–H groups in total. The number of aromatic nitrogens is 1. The molecule has 2 aliphatic rings. The normalized spacial score (nSPS) is 22.8. The van der Waals surface area contributed by atoms with Gasteiger partial charge in [-0.05, 0) is 36.6 Å². The number of carbonyl (C=O) groups excluding carboxylic acids is 1. The van der Waals surface area contributed by atoms with Gasteiger partial charge in [-0.15, -0.1) is 0 Å². The first kappa shape index (κ1) is 17.0. The highest BCUT2D eigenvalue weighted by atomic mass is 32.2. The molecule has 1 aromatic carbocycles. The van der Waals surface area contributed by atoms with E-state index in [1.807, 2.05) is 0 Å². The van der Waals surface area contributed by atoms with Crippen molar-refractivity contribution in [3.8, 4) is 5.75 Å². The summed E-state index contributed by atoms with van der Waals surface area (Å²) in [6.45, 7) is 0.429. The van der Waals surface area contributed by atoms with Gasteiger partial charge in [0, 0.05) is 19.0 Å². The molecule has 26 heavy (non-hydrogen) atoms. The fourth-order valence-corrected chi connectivity index (χ4v) is 5.22. The van der Waals surface area contributed by atoms with Crippen molar-refractivity contribution in [3.63, 3.8) is 0 Å². The van der Waals surface area contributed by atoms with Crippen molar-refractivity contribution in [2.24, 2.45) is 0 Å². The zero-order chi connectivity index (χ0) is 18.3. The minimum absolute atomic E-state index is 0.181. The Hall–Kier alpha value is -2.39. The average molecular weight is 378 g/mol. The third-order valence-electron chi connectivity index (χ3n) is 4.78. The Morgan fingerprint density at radius 1 is 1.35 bits per heavy atom. The van der Waals surface area contributed by atoms with Gasteiger partial charge in [0.15, 0.2) is 6.10 Å². The lowest BCUT2D eigenvalue weighted by Gasteiger charge is -2.22. The van der Waals surface area contributed by atoms with Gasteiger partial charge in [-0.1, -0.05) is 5.16 Å². The van der Waals surface area contributed by atoms with Crippen molar-refractivity contribution >= 4 is 16.0 Å². The molecule has 9 heteroatoms. The number of benzene rings is 1. The van der Waals surface area contributed by atoms with Crippen LogP contribution in [-0.2, 0) is 26.0 Å². The van der Waals surface area contributed by atoms with Gasteiger partial charge < -0.3 is 14.0 Å². The summed E-state index contributed by atoms with van der Waals surface area (Å²) < 4.78 is 42.8. The maximum absolute atomic E-state index is 13.1. The van der Waals surface area contributed by atoms with Crippen molar-refractivity contribution in [3.05, 3.63) is 41.8 Å². The quantitative estimate of drug-likeness (QED) is 0.746. The lowest BCUT2D eigenvalue weighted by Crippen LogP contribution is -2.30. The Morgan fingerprint density at radius 2 is 2.19 bits per heavy atom. The molecule has 138 valence electrons. The predicted octanol–water partition coefficient (Wildman–Crippen LogP) is 1.68. The molecule has 0 radical (unpaired) electrons. The van der Waals surface area contributed by atoms with Crippen molar-refractivity contribution in [2.45, 2.75) is 36.3 Å². The molecule has 0 saturated carbocycles. The SMILES string of the molecule is COC(=O)C1Cc2cc(S(=O)(=O)N3CCCC3c3ccon3)ccc2O1. The van der Waals surface area contributed by atoms with Crippen LogP contribution in [0.4, 0.5) is 0 Å². The van der Waals surface area contributed by atoms with Crippen molar-refractivity contribution in [2.75, 3.05) is 13.7 Å². The maximum Gasteiger partial charge on any atom is 0.347 e. The molecule has 0 aliphatic carbocycles. The number of sulfonamides is 1. The molecule has 4 rings (SSSR count). The Balaban J connectivity index is 1.63.